The van der Waals surface area contributed by atoms with Crippen molar-refractivity contribution in [2.24, 2.45) is 5.92 Å². The number of likely N-dealkylation sites (tertiary alicyclic amines) is 1. The maximum Gasteiger partial charge on any atom is 0.232 e. The SMILES string of the molecule is CC(=O)N1CC(C(=O)Nc2ccc3c(Cl)ccc(C)c3n2)C1. The van der Waals surface area contributed by atoms with Gasteiger partial charge in [-0.15, -0.1) is 0 Å². The molecule has 22 heavy (non-hydrogen) atoms. The number of nitrogens with one attached hydrogen (secondary N) is 1. The molecule has 1 aromatic heterocycles. The van der Waals surface area contributed by atoms with Crippen LogP contribution in [0.4, 0.5) is 5.82 Å². The van der Waals surface area contributed by atoms with E-state index in [2.05, 4.69) is 10.3 Å². The summed E-state index contributed by atoms with van der Waals surface area (Å²) in [4.78, 5) is 29.4. The number of pyridine rings is 1. The maximum absolute atomic E-state index is 12.1. The second-order valence-electron chi connectivity index (χ2n) is 5.57. The van der Waals surface area contributed by atoms with Crippen molar-refractivity contribution in [2.75, 3.05) is 18.4 Å². The molecule has 2 aromatic rings. The molecule has 1 aromatic carbocycles. The molecule has 0 aliphatic carbocycles. The Balaban J connectivity index is 1.76. The summed E-state index contributed by atoms with van der Waals surface area (Å²) in [6.45, 7) is 4.40. The molecule has 1 aliphatic heterocycles. The summed E-state index contributed by atoms with van der Waals surface area (Å²) < 4.78 is 0. The monoisotopic (exact) mass is 317 g/mol. The molecule has 1 aliphatic rings. The first-order chi connectivity index (χ1) is 10.5. The molecular formula is C16H16ClN3O2. The number of hydrogen-bond acceptors (Lipinski definition) is 3. The van der Waals surface area contributed by atoms with E-state index < -0.39 is 0 Å². The van der Waals surface area contributed by atoms with Crippen molar-refractivity contribution >= 4 is 40.1 Å². The fraction of sp³-hybridized carbons (Fsp3) is 0.312. The summed E-state index contributed by atoms with van der Waals surface area (Å²) >= 11 is 6.15. The fourth-order valence-electron chi connectivity index (χ4n) is 2.52. The van der Waals surface area contributed by atoms with Gasteiger partial charge in [-0.25, -0.2) is 4.98 Å². The van der Waals surface area contributed by atoms with Gasteiger partial charge in [-0.1, -0.05) is 17.7 Å². The van der Waals surface area contributed by atoms with Crippen molar-refractivity contribution in [3.63, 3.8) is 0 Å². The summed E-state index contributed by atoms with van der Waals surface area (Å²) in [7, 11) is 0. The predicted molar refractivity (Wildman–Crippen MR) is 85.9 cm³/mol. The average molecular weight is 318 g/mol. The Labute approximate surface area is 133 Å². The number of halogens is 1. The van der Waals surface area contributed by atoms with Crippen molar-refractivity contribution in [3.8, 4) is 0 Å². The summed E-state index contributed by atoms with van der Waals surface area (Å²) in [6, 6.07) is 7.34. The van der Waals surface area contributed by atoms with Gasteiger partial charge in [0.1, 0.15) is 5.82 Å². The summed E-state index contributed by atoms with van der Waals surface area (Å²) in [5, 5.41) is 4.32. The third-order valence-electron chi connectivity index (χ3n) is 3.95. The molecule has 2 heterocycles. The van der Waals surface area contributed by atoms with Gasteiger partial charge < -0.3 is 10.2 Å². The zero-order chi connectivity index (χ0) is 15.9. The number of nitrogens with zero attached hydrogens (tertiary/aromatic N) is 2. The lowest BCUT2D eigenvalue weighted by atomic mass is 9.99. The first kappa shape index (κ1) is 14.8. The highest BCUT2D eigenvalue weighted by atomic mass is 35.5. The Kier molecular flexibility index (Phi) is 3.74. The molecule has 1 fully saturated rings. The largest absolute Gasteiger partial charge is 0.341 e. The minimum Gasteiger partial charge on any atom is -0.341 e. The summed E-state index contributed by atoms with van der Waals surface area (Å²) in [6.07, 6.45) is 0. The van der Waals surface area contributed by atoms with E-state index >= 15 is 0 Å². The van der Waals surface area contributed by atoms with E-state index in [-0.39, 0.29) is 17.7 Å². The van der Waals surface area contributed by atoms with E-state index in [4.69, 9.17) is 11.6 Å². The van der Waals surface area contributed by atoms with Crippen molar-refractivity contribution in [2.45, 2.75) is 13.8 Å². The molecule has 0 saturated carbocycles. The van der Waals surface area contributed by atoms with Crippen LogP contribution in [0.2, 0.25) is 5.02 Å². The molecule has 114 valence electrons. The van der Waals surface area contributed by atoms with Crippen LogP contribution >= 0.6 is 11.6 Å². The van der Waals surface area contributed by atoms with Crippen LogP contribution in [0.15, 0.2) is 24.3 Å². The number of benzene rings is 1. The highest BCUT2D eigenvalue weighted by Crippen LogP contribution is 2.26. The number of fused-ring (bicyclic) bond motifs is 1. The molecule has 0 radical (unpaired) electrons. The lowest BCUT2D eigenvalue weighted by Crippen LogP contribution is -2.53. The zero-order valence-electron chi connectivity index (χ0n) is 12.4. The number of aryl methyl sites for hydroxylation is 1. The Morgan fingerprint density at radius 1 is 1.27 bits per heavy atom. The minimum absolute atomic E-state index is 0.00172. The number of amides is 2. The van der Waals surface area contributed by atoms with Crippen LogP contribution in [0.25, 0.3) is 10.9 Å². The maximum atomic E-state index is 12.1. The van der Waals surface area contributed by atoms with Gasteiger partial charge in [0.15, 0.2) is 0 Å². The van der Waals surface area contributed by atoms with Crippen LogP contribution in [-0.4, -0.2) is 34.8 Å². The van der Waals surface area contributed by atoms with Gasteiger partial charge in [0.2, 0.25) is 11.8 Å². The molecule has 0 unspecified atom stereocenters. The molecule has 6 heteroatoms. The van der Waals surface area contributed by atoms with E-state index in [0.29, 0.717) is 23.9 Å². The predicted octanol–water partition coefficient (Wildman–Crippen LogP) is 2.61. The van der Waals surface area contributed by atoms with Crippen LogP contribution in [0.5, 0.6) is 0 Å². The van der Waals surface area contributed by atoms with Crippen LogP contribution in [0, 0.1) is 12.8 Å². The molecular weight excluding hydrogens is 302 g/mol. The Hall–Kier alpha value is -2.14. The van der Waals surface area contributed by atoms with Gasteiger partial charge in [0, 0.05) is 30.4 Å². The Morgan fingerprint density at radius 3 is 2.68 bits per heavy atom. The lowest BCUT2D eigenvalue weighted by molar-refractivity contribution is -0.139. The van der Waals surface area contributed by atoms with Crippen LogP contribution in [-0.2, 0) is 9.59 Å². The number of carbonyl (C=O) groups is 2. The van der Waals surface area contributed by atoms with Gasteiger partial charge >= 0.3 is 0 Å². The van der Waals surface area contributed by atoms with E-state index in [0.717, 1.165) is 16.5 Å². The third kappa shape index (κ3) is 2.64. The van der Waals surface area contributed by atoms with Gasteiger partial charge in [-0.3, -0.25) is 9.59 Å². The average Bonchev–Trinajstić information content (AvgIpc) is 2.41. The van der Waals surface area contributed by atoms with E-state index in [1.165, 1.54) is 6.92 Å². The number of carbonyl (C=O) groups excluding carboxylic acids is 2. The molecule has 5 nitrogen and oxygen atoms in total. The first-order valence-corrected chi connectivity index (χ1v) is 7.46. The van der Waals surface area contributed by atoms with E-state index in [9.17, 15) is 9.59 Å². The number of aromatic nitrogens is 1. The molecule has 1 saturated heterocycles. The zero-order valence-corrected chi connectivity index (χ0v) is 13.1. The minimum atomic E-state index is -0.165. The molecule has 2 amide bonds. The number of hydrogen-bond donors (Lipinski definition) is 1. The van der Waals surface area contributed by atoms with Crippen LogP contribution in [0.1, 0.15) is 12.5 Å². The topological polar surface area (TPSA) is 62.3 Å². The standard InChI is InChI=1S/C16H16ClN3O2/c1-9-3-5-13(17)12-4-6-14(18-15(9)12)19-16(22)11-7-20(8-11)10(2)21/h3-6,11H,7-8H2,1-2H3,(H,18,19,22). The fourth-order valence-corrected chi connectivity index (χ4v) is 2.73. The molecule has 1 N–H and O–H groups in total. The van der Waals surface area contributed by atoms with Gasteiger partial charge in [0.05, 0.1) is 11.4 Å². The normalized spacial score (nSPS) is 14.8. The second-order valence-corrected chi connectivity index (χ2v) is 5.97. The number of anilines is 1. The van der Waals surface area contributed by atoms with Crippen LogP contribution in [0.3, 0.4) is 0 Å². The quantitative estimate of drug-likeness (QED) is 0.926. The lowest BCUT2D eigenvalue weighted by Gasteiger charge is -2.37. The van der Waals surface area contributed by atoms with Crippen molar-refractivity contribution in [1.82, 2.24) is 9.88 Å². The molecule has 0 spiro atoms. The summed E-state index contributed by atoms with van der Waals surface area (Å²) in [5.41, 5.74) is 1.78. The van der Waals surface area contributed by atoms with Crippen LogP contribution < -0.4 is 5.32 Å². The van der Waals surface area contributed by atoms with Crippen molar-refractivity contribution in [3.05, 3.63) is 34.9 Å². The smallest absolute Gasteiger partial charge is 0.232 e. The Morgan fingerprint density at radius 2 is 2.00 bits per heavy atom. The highest BCUT2D eigenvalue weighted by molar-refractivity contribution is 6.35. The second kappa shape index (κ2) is 5.57. The molecule has 0 atom stereocenters. The van der Waals surface area contributed by atoms with Crippen molar-refractivity contribution in [1.29, 1.82) is 0 Å². The number of rotatable bonds is 2. The third-order valence-corrected chi connectivity index (χ3v) is 4.28. The van der Waals surface area contributed by atoms with E-state index in [1.54, 1.807) is 11.0 Å². The first-order valence-electron chi connectivity index (χ1n) is 7.08. The van der Waals surface area contributed by atoms with E-state index in [1.807, 2.05) is 25.1 Å². The summed E-state index contributed by atoms with van der Waals surface area (Å²) in [5.74, 6) is 0.230. The van der Waals surface area contributed by atoms with Crippen molar-refractivity contribution < 1.29 is 9.59 Å². The highest BCUT2D eigenvalue weighted by Gasteiger charge is 2.34. The Bertz CT molecular complexity index is 769. The van der Waals surface area contributed by atoms with Gasteiger partial charge in [0.25, 0.3) is 0 Å². The molecule has 3 rings (SSSR count). The molecule has 0 bridgehead atoms. The van der Waals surface area contributed by atoms with Gasteiger partial charge in [-0.05, 0) is 30.7 Å². The van der Waals surface area contributed by atoms with Gasteiger partial charge in [-0.2, -0.15) is 0 Å².